The average molecular weight is 457 g/mol. The predicted molar refractivity (Wildman–Crippen MR) is 132 cm³/mol. The van der Waals surface area contributed by atoms with Gasteiger partial charge >= 0.3 is 0 Å². The Morgan fingerprint density at radius 2 is 1.55 bits per heavy atom. The van der Waals surface area contributed by atoms with Crippen molar-refractivity contribution >= 4 is 5.91 Å². The van der Waals surface area contributed by atoms with E-state index in [9.17, 15) is 4.79 Å². The molecule has 0 heterocycles. The Morgan fingerprint density at radius 1 is 0.970 bits per heavy atom. The van der Waals surface area contributed by atoms with Gasteiger partial charge in [-0.1, -0.05) is 42.5 Å². The normalized spacial score (nSPS) is 13.6. The number of ether oxygens (including phenoxy) is 3. The first-order chi connectivity index (χ1) is 15.6. The third-order valence-corrected chi connectivity index (χ3v) is 5.20. The molecule has 0 aliphatic heterocycles. The second-order valence-electron chi connectivity index (χ2n) is 9.09. The number of nitrogens with two attached hydrogens (primary N) is 1. The molecule has 0 radical (unpaired) electrons. The number of hydrogen-bond donors (Lipinski definition) is 1. The fraction of sp³-hybridized carbons (Fsp3) is 0.519. The lowest BCUT2D eigenvalue weighted by Gasteiger charge is -2.34. The third kappa shape index (κ3) is 8.80. The minimum absolute atomic E-state index is 0.134. The molecule has 2 aromatic carbocycles. The van der Waals surface area contributed by atoms with Crippen LogP contribution in [0.25, 0.3) is 0 Å². The monoisotopic (exact) mass is 456 g/mol. The molecule has 182 valence electrons. The van der Waals surface area contributed by atoms with Gasteiger partial charge in [0.05, 0.1) is 18.6 Å². The van der Waals surface area contributed by atoms with Gasteiger partial charge in [-0.25, -0.2) is 0 Å². The van der Waals surface area contributed by atoms with Gasteiger partial charge in [0.1, 0.15) is 11.4 Å². The molecule has 0 aromatic heterocycles. The highest BCUT2D eigenvalue weighted by molar-refractivity contribution is 5.82. The van der Waals surface area contributed by atoms with Gasteiger partial charge < -0.3 is 24.8 Å². The van der Waals surface area contributed by atoms with Crippen LogP contribution in [0.15, 0.2) is 54.6 Å². The van der Waals surface area contributed by atoms with Gasteiger partial charge in [-0.2, -0.15) is 0 Å². The van der Waals surface area contributed by atoms with Crippen LogP contribution >= 0.6 is 0 Å². The van der Waals surface area contributed by atoms with Crippen LogP contribution in [0.1, 0.15) is 58.7 Å². The SMILES string of the molecule is CCOC(CN(C(=O)C(N)Cc1ccc(OC(C)(C)C)cc1)[C@H](C)c1ccccc1)OCC. The van der Waals surface area contributed by atoms with Crippen LogP contribution in [0.3, 0.4) is 0 Å². The molecule has 0 spiro atoms. The van der Waals surface area contributed by atoms with Gasteiger partial charge in [-0.3, -0.25) is 4.79 Å². The number of carbonyl (C=O) groups excluding carboxylic acids is 1. The maximum Gasteiger partial charge on any atom is 0.240 e. The van der Waals surface area contributed by atoms with E-state index >= 15 is 0 Å². The highest BCUT2D eigenvalue weighted by Gasteiger charge is 2.29. The zero-order valence-corrected chi connectivity index (χ0v) is 20.9. The van der Waals surface area contributed by atoms with E-state index in [1.807, 2.05) is 96.1 Å². The largest absolute Gasteiger partial charge is 0.488 e. The first-order valence-corrected chi connectivity index (χ1v) is 11.8. The Labute approximate surface area is 199 Å². The number of amides is 1. The van der Waals surface area contributed by atoms with Crippen molar-refractivity contribution in [1.29, 1.82) is 0 Å². The molecule has 0 fully saturated rings. The van der Waals surface area contributed by atoms with Crippen molar-refractivity contribution in [2.45, 2.75) is 71.9 Å². The number of nitrogens with zero attached hydrogens (tertiary/aromatic N) is 1. The number of benzene rings is 2. The Hall–Kier alpha value is -2.41. The van der Waals surface area contributed by atoms with Crippen molar-refractivity contribution in [3.05, 3.63) is 65.7 Å². The van der Waals surface area contributed by atoms with Gasteiger partial charge in [0.25, 0.3) is 0 Å². The molecule has 0 bridgehead atoms. The van der Waals surface area contributed by atoms with E-state index in [0.717, 1.165) is 16.9 Å². The molecule has 1 unspecified atom stereocenters. The molecule has 2 rings (SSSR count). The van der Waals surface area contributed by atoms with E-state index in [-0.39, 0.29) is 17.6 Å². The topological polar surface area (TPSA) is 74.0 Å². The van der Waals surface area contributed by atoms with E-state index in [0.29, 0.717) is 26.2 Å². The Balaban J connectivity index is 2.18. The summed E-state index contributed by atoms with van der Waals surface area (Å²) in [5, 5.41) is 0. The summed E-state index contributed by atoms with van der Waals surface area (Å²) in [7, 11) is 0. The Kier molecular flexibility index (Phi) is 10.4. The van der Waals surface area contributed by atoms with Crippen molar-refractivity contribution < 1.29 is 19.0 Å². The summed E-state index contributed by atoms with van der Waals surface area (Å²) in [5.74, 6) is 0.660. The minimum atomic E-state index is -0.686. The lowest BCUT2D eigenvalue weighted by molar-refractivity contribution is -0.163. The van der Waals surface area contributed by atoms with Crippen LogP contribution in [0.4, 0.5) is 0 Å². The molecule has 6 heteroatoms. The summed E-state index contributed by atoms with van der Waals surface area (Å²) in [6.45, 7) is 13.2. The van der Waals surface area contributed by atoms with Crippen LogP contribution in [0.5, 0.6) is 5.75 Å². The summed E-state index contributed by atoms with van der Waals surface area (Å²) >= 11 is 0. The maximum absolute atomic E-state index is 13.5. The second kappa shape index (κ2) is 12.7. The van der Waals surface area contributed by atoms with E-state index in [4.69, 9.17) is 19.9 Å². The summed E-state index contributed by atoms with van der Waals surface area (Å²) in [4.78, 5) is 15.3. The van der Waals surface area contributed by atoms with Crippen molar-refractivity contribution in [3.8, 4) is 5.75 Å². The van der Waals surface area contributed by atoms with Crippen molar-refractivity contribution in [2.24, 2.45) is 5.73 Å². The fourth-order valence-corrected chi connectivity index (χ4v) is 3.64. The first-order valence-electron chi connectivity index (χ1n) is 11.8. The molecular weight excluding hydrogens is 416 g/mol. The van der Waals surface area contributed by atoms with Crippen LogP contribution < -0.4 is 10.5 Å². The molecule has 1 amide bonds. The molecule has 33 heavy (non-hydrogen) atoms. The van der Waals surface area contributed by atoms with E-state index in [1.54, 1.807) is 4.90 Å². The standard InChI is InChI=1S/C27H40N2O4/c1-7-31-25(32-8-2)19-29(20(3)22-12-10-9-11-13-22)26(30)24(28)18-21-14-16-23(17-15-21)33-27(4,5)6/h9-17,20,24-25H,7-8,18-19,28H2,1-6H3/t20-,24?/m1/s1. The first kappa shape index (κ1) is 26.8. The molecule has 6 nitrogen and oxygen atoms in total. The molecule has 0 saturated heterocycles. The lowest BCUT2D eigenvalue weighted by atomic mass is 10.0. The van der Waals surface area contributed by atoms with Gasteiger partial charge in [0.15, 0.2) is 6.29 Å². The molecule has 0 aliphatic rings. The van der Waals surface area contributed by atoms with Crippen LogP contribution in [0.2, 0.25) is 0 Å². The van der Waals surface area contributed by atoms with Gasteiger partial charge in [-0.15, -0.1) is 0 Å². The van der Waals surface area contributed by atoms with Gasteiger partial charge in [0.2, 0.25) is 5.91 Å². The van der Waals surface area contributed by atoms with Crippen LogP contribution in [-0.2, 0) is 20.7 Å². The van der Waals surface area contributed by atoms with E-state index in [2.05, 4.69) is 0 Å². The lowest BCUT2D eigenvalue weighted by Crippen LogP contribution is -2.49. The van der Waals surface area contributed by atoms with Crippen LogP contribution in [-0.4, -0.2) is 48.5 Å². The second-order valence-corrected chi connectivity index (χ2v) is 9.09. The summed E-state index contributed by atoms with van der Waals surface area (Å²) in [6.07, 6.45) is -0.0724. The Bertz CT molecular complexity index is 827. The van der Waals surface area contributed by atoms with E-state index < -0.39 is 12.3 Å². The van der Waals surface area contributed by atoms with Gasteiger partial charge in [-0.05, 0) is 71.2 Å². The smallest absolute Gasteiger partial charge is 0.240 e. The molecule has 0 aliphatic carbocycles. The average Bonchev–Trinajstić information content (AvgIpc) is 2.77. The number of carbonyl (C=O) groups is 1. The number of rotatable bonds is 12. The summed E-state index contributed by atoms with van der Waals surface area (Å²) < 4.78 is 17.3. The Morgan fingerprint density at radius 3 is 2.06 bits per heavy atom. The maximum atomic E-state index is 13.5. The van der Waals surface area contributed by atoms with Crippen molar-refractivity contribution in [3.63, 3.8) is 0 Å². The summed E-state index contributed by atoms with van der Waals surface area (Å²) in [5.41, 5.74) is 8.18. The molecule has 2 aromatic rings. The van der Waals surface area contributed by atoms with Crippen molar-refractivity contribution in [1.82, 2.24) is 4.90 Å². The number of hydrogen-bond acceptors (Lipinski definition) is 5. The fourth-order valence-electron chi connectivity index (χ4n) is 3.64. The van der Waals surface area contributed by atoms with Crippen molar-refractivity contribution in [2.75, 3.05) is 19.8 Å². The van der Waals surface area contributed by atoms with Gasteiger partial charge in [0, 0.05) is 13.2 Å². The molecular formula is C27H40N2O4. The third-order valence-electron chi connectivity index (χ3n) is 5.20. The molecule has 0 saturated carbocycles. The highest BCUT2D eigenvalue weighted by Crippen LogP contribution is 2.23. The quantitative estimate of drug-likeness (QED) is 0.468. The van der Waals surface area contributed by atoms with E-state index in [1.165, 1.54) is 0 Å². The highest BCUT2D eigenvalue weighted by atomic mass is 16.7. The van der Waals surface area contributed by atoms with Crippen LogP contribution in [0, 0.1) is 0 Å². The molecule has 2 N–H and O–H groups in total. The predicted octanol–water partition coefficient (Wildman–Crippen LogP) is 4.72. The molecule has 2 atom stereocenters. The summed E-state index contributed by atoms with van der Waals surface area (Å²) in [6, 6.07) is 16.8. The minimum Gasteiger partial charge on any atom is -0.488 e. The zero-order valence-electron chi connectivity index (χ0n) is 20.9. The zero-order chi connectivity index (χ0) is 24.4.